The fraction of sp³-hybridized carbons (Fsp3) is 0.350. The summed E-state index contributed by atoms with van der Waals surface area (Å²) in [5.41, 5.74) is 2.02. The molecular weight excluding hydrogens is 344 g/mol. The van der Waals surface area contributed by atoms with Crippen molar-refractivity contribution in [2.45, 2.75) is 6.92 Å². The lowest BCUT2D eigenvalue weighted by atomic mass is 10.1. The minimum atomic E-state index is -0.131. The molecule has 1 aliphatic rings. The van der Waals surface area contributed by atoms with Crippen molar-refractivity contribution >= 4 is 23.2 Å². The molecule has 0 saturated carbocycles. The highest BCUT2D eigenvalue weighted by atomic mass is 16.5. The summed E-state index contributed by atoms with van der Waals surface area (Å²) in [6, 6.07) is 10.7. The fourth-order valence-electron chi connectivity index (χ4n) is 2.79. The second kappa shape index (κ2) is 9.25. The number of aromatic nitrogens is 1. The molecule has 0 unspecified atom stereocenters. The number of carbonyl (C=O) groups excluding carboxylic acids is 2. The van der Waals surface area contributed by atoms with Gasteiger partial charge in [0.05, 0.1) is 18.8 Å². The van der Waals surface area contributed by atoms with E-state index >= 15 is 0 Å². The Hall–Kier alpha value is -2.77. The van der Waals surface area contributed by atoms with Gasteiger partial charge in [-0.3, -0.25) is 14.5 Å². The largest absolute Gasteiger partial charge is 0.379 e. The zero-order valence-electron chi connectivity index (χ0n) is 15.4. The molecule has 2 heterocycles. The van der Waals surface area contributed by atoms with Gasteiger partial charge in [-0.05, 0) is 43.3 Å². The number of Topliss-reactive ketones (excluding diaryl/α,β-unsaturated/α-hetero) is 1. The van der Waals surface area contributed by atoms with Crippen LogP contribution in [0.5, 0.6) is 0 Å². The summed E-state index contributed by atoms with van der Waals surface area (Å²) in [6.45, 7) is 6.28. The van der Waals surface area contributed by atoms with Crippen LogP contribution in [0.2, 0.25) is 0 Å². The summed E-state index contributed by atoms with van der Waals surface area (Å²) in [5, 5.41) is 6.07. The van der Waals surface area contributed by atoms with Crippen molar-refractivity contribution in [1.82, 2.24) is 15.2 Å². The molecule has 0 aliphatic carbocycles. The van der Waals surface area contributed by atoms with Gasteiger partial charge < -0.3 is 15.4 Å². The monoisotopic (exact) mass is 368 g/mol. The SMILES string of the molecule is CC(=O)c1ccc(Nc2ccc(C(=O)NCCN3CCOCC3)cn2)cc1. The Morgan fingerprint density at radius 2 is 1.78 bits per heavy atom. The van der Waals surface area contributed by atoms with Gasteiger partial charge in [0.1, 0.15) is 5.82 Å². The second-order valence-electron chi connectivity index (χ2n) is 6.40. The van der Waals surface area contributed by atoms with Crippen LogP contribution < -0.4 is 10.6 Å². The quantitative estimate of drug-likeness (QED) is 0.728. The lowest BCUT2D eigenvalue weighted by Crippen LogP contribution is -2.41. The lowest BCUT2D eigenvalue weighted by Gasteiger charge is -2.26. The van der Waals surface area contributed by atoms with E-state index in [0.717, 1.165) is 38.5 Å². The topological polar surface area (TPSA) is 83.6 Å². The smallest absolute Gasteiger partial charge is 0.252 e. The summed E-state index contributed by atoms with van der Waals surface area (Å²) < 4.78 is 5.31. The Kier molecular flexibility index (Phi) is 6.51. The molecule has 1 amide bonds. The van der Waals surface area contributed by atoms with Crippen molar-refractivity contribution in [1.29, 1.82) is 0 Å². The van der Waals surface area contributed by atoms with Crippen LogP contribution in [0.1, 0.15) is 27.6 Å². The number of benzene rings is 1. The number of ether oxygens (including phenoxy) is 1. The average Bonchev–Trinajstić information content (AvgIpc) is 2.70. The Bertz CT molecular complexity index is 769. The molecule has 1 aromatic carbocycles. The first-order valence-corrected chi connectivity index (χ1v) is 9.04. The highest BCUT2D eigenvalue weighted by Crippen LogP contribution is 2.16. The Morgan fingerprint density at radius 3 is 2.41 bits per heavy atom. The van der Waals surface area contributed by atoms with Crippen molar-refractivity contribution in [3.8, 4) is 0 Å². The van der Waals surface area contributed by atoms with E-state index in [2.05, 4.69) is 20.5 Å². The molecule has 0 atom stereocenters. The van der Waals surface area contributed by atoms with Crippen LogP contribution in [0.4, 0.5) is 11.5 Å². The van der Waals surface area contributed by atoms with Gasteiger partial charge in [0.25, 0.3) is 5.91 Å². The Labute approximate surface area is 158 Å². The summed E-state index contributed by atoms with van der Waals surface area (Å²) in [4.78, 5) is 30.1. The van der Waals surface area contributed by atoms with Crippen LogP contribution >= 0.6 is 0 Å². The number of carbonyl (C=O) groups is 2. The average molecular weight is 368 g/mol. The molecule has 7 heteroatoms. The van der Waals surface area contributed by atoms with Crippen molar-refractivity contribution in [3.05, 3.63) is 53.7 Å². The first kappa shape index (κ1) is 19.0. The molecular formula is C20H24N4O3. The molecule has 1 aliphatic heterocycles. The van der Waals surface area contributed by atoms with E-state index < -0.39 is 0 Å². The van der Waals surface area contributed by atoms with E-state index in [-0.39, 0.29) is 11.7 Å². The predicted molar refractivity (Wildman–Crippen MR) is 104 cm³/mol. The van der Waals surface area contributed by atoms with Gasteiger partial charge >= 0.3 is 0 Å². The molecule has 2 N–H and O–H groups in total. The van der Waals surface area contributed by atoms with Crippen LogP contribution in [0.25, 0.3) is 0 Å². The van der Waals surface area contributed by atoms with E-state index in [1.54, 1.807) is 30.5 Å². The van der Waals surface area contributed by atoms with Crippen LogP contribution in [0, 0.1) is 0 Å². The molecule has 7 nitrogen and oxygen atoms in total. The van der Waals surface area contributed by atoms with Gasteiger partial charge in [0, 0.05) is 43.6 Å². The van der Waals surface area contributed by atoms with Crippen LogP contribution in [0.3, 0.4) is 0 Å². The number of anilines is 2. The van der Waals surface area contributed by atoms with Gasteiger partial charge in [-0.25, -0.2) is 4.98 Å². The van der Waals surface area contributed by atoms with E-state index in [4.69, 9.17) is 4.74 Å². The number of nitrogens with one attached hydrogen (secondary N) is 2. The van der Waals surface area contributed by atoms with Gasteiger partial charge in [-0.2, -0.15) is 0 Å². The lowest BCUT2D eigenvalue weighted by molar-refractivity contribution is 0.0383. The molecule has 142 valence electrons. The Morgan fingerprint density at radius 1 is 1.07 bits per heavy atom. The maximum absolute atomic E-state index is 12.2. The van der Waals surface area contributed by atoms with E-state index in [9.17, 15) is 9.59 Å². The summed E-state index contributed by atoms with van der Waals surface area (Å²) in [6.07, 6.45) is 1.55. The predicted octanol–water partition coefficient (Wildman–Crippen LogP) is 2.09. The van der Waals surface area contributed by atoms with Crippen molar-refractivity contribution < 1.29 is 14.3 Å². The van der Waals surface area contributed by atoms with Gasteiger partial charge in [0.15, 0.2) is 5.78 Å². The van der Waals surface area contributed by atoms with Crippen LogP contribution in [-0.4, -0.2) is 61.0 Å². The van der Waals surface area contributed by atoms with E-state index in [0.29, 0.717) is 23.5 Å². The van der Waals surface area contributed by atoms with Gasteiger partial charge in [0.2, 0.25) is 0 Å². The van der Waals surface area contributed by atoms with Gasteiger partial charge in [-0.15, -0.1) is 0 Å². The first-order chi connectivity index (χ1) is 13.1. The molecule has 2 aromatic rings. The first-order valence-electron chi connectivity index (χ1n) is 9.04. The molecule has 1 fully saturated rings. The fourth-order valence-corrected chi connectivity index (χ4v) is 2.79. The van der Waals surface area contributed by atoms with Crippen LogP contribution in [0.15, 0.2) is 42.6 Å². The van der Waals surface area contributed by atoms with E-state index in [1.165, 1.54) is 6.92 Å². The minimum absolute atomic E-state index is 0.0312. The zero-order chi connectivity index (χ0) is 19.1. The number of rotatable bonds is 7. The minimum Gasteiger partial charge on any atom is -0.379 e. The molecule has 0 spiro atoms. The normalized spacial score (nSPS) is 14.6. The number of ketones is 1. The van der Waals surface area contributed by atoms with E-state index in [1.807, 2.05) is 12.1 Å². The molecule has 0 radical (unpaired) electrons. The third-order valence-electron chi connectivity index (χ3n) is 4.41. The third kappa shape index (κ3) is 5.60. The van der Waals surface area contributed by atoms with Crippen molar-refractivity contribution in [2.24, 2.45) is 0 Å². The summed E-state index contributed by atoms with van der Waals surface area (Å²) >= 11 is 0. The number of nitrogens with zero attached hydrogens (tertiary/aromatic N) is 2. The highest BCUT2D eigenvalue weighted by molar-refractivity contribution is 5.94. The number of morpholine rings is 1. The summed E-state index contributed by atoms with van der Waals surface area (Å²) in [5.74, 6) is 0.534. The second-order valence-corrected chi connectivity index (χ2v) is 6.40. The van der Waals surface area contributed by atoms with Crippen molar-refractivity contribution in [2.75, 3.05) is 44.7 Å². The molecule has 1 aromatic heterocycles. The molecule has 1 saturated heterocycles. The molecule has 0 bridgehead atoms. The standard InChI is InChI=1S/C20H24N4O3/c1-15(25)16-2-5-18(6-3-16)23-19-7-4-17(14-22-19)20(26)21-8-9-24-10-12-27-13-11-24/h2-7,14H,8-13H2,1H3,(H,21,26)(H,22,23). The number of hydrogen-bond donors (Lipinski definition) is 2. The Balaban J connectivity index is 1.48. The zero-order valence-corrected chi connectivity index (χ0v) is 15.4. The maximum atomic E-state index is 12.2. The number of pyridine rings is 1. The highest BCUT2D eigenvalue weighted by Gasteiger charge is 2.11. The third-order valence-corrected chi connectivity index (χ3v) is 4.41. The van der Waals surface area contributed by atoms with Crippen LogP contribution in [-0.2, 0) is 4.74 Å². The maximum Gasteiger partial charge on any atom is 0.252 e. The summed E-state index contributed by atoms with van der Waals surface area (Å²) in [7, 11) is 0. The van der Waals surface area contributed by atoms with Crippen molar-refractivity contribution in [3.63, 3.8) is 0 Å². The van der Waals surface area contributed by atoms with Gasteiger partial charge in [-0.1, -0.05) is 0 Å². The number of hydrogen-bond acceptors (Lipinski definition) is 6. The number of amides is 1. The molecule has 3 rings (SSSR count). The molecule has 27 heavy (non-hydrogen) atoms.